The SMILES string of the molecule is CC(C)(C(=O)O)n1c(=O)[nH]c2sc3c(c2c1=O)CCCC3. The highest BCUT2D eigenvalue weighted by molar-refractivity contribution is 7.18. The fourth-order valence-electron chi connectivity index (χ4n) is 2.84. The van der Waals surface area contributed by atoms with Crippen LogP contribution in [0.1, 0.15) is 37.1 Å². The number of aromatic amines is 1. The molecule has 21 heavy (non-hydrogen) atoms. The van der Waals surface area contributed by atoms with E-state index in [1.54, 1.807) is 0 Å². The first kappa shape index (κ1) is 14.1. The van der Waals surface area contributed by atoms with Gasteiger partial charge in [-0.15, -0.1) is 11.3 Å². The molecule has 0 amide bonds. The van der Waals surface area contributed by atoms with Crippen LogP contribution in [0.3, 0.4) is 0 Å². The first-order valence-corrected chi connectivity index (χ1v) is 7.69. The summed E-state index contributed by atoms with van der Waals surface area (Å²) in [7, 11) is 0. The van der Waals surface area contributed by atoms with E-state index in [1.165, 1.54) is 25.2 Å². The number of thiophene rings is 1. The molecule has 1 aliphatic rings. The van der Waals surface area contributed by atoms with Crippen LogP contribution >= 0.6 is 11.3 Å². The smallest absolute Gasteiger partial charge is 0.330 e. The number of carboxylic acids is 1. The monoisotopic (exact) mass is 308 g/mol. The fourth-order valence-corrected chi connectivity index (χ4v) is 4.11. The summed E-state index contributed by atoms with van der Waals surface area (Å²) in [6.07, 6.45) is 3.82. The molecule has 2 aromatic rings. The predicted molar refractivity (Wildman–Crippen MR) is 80.3 cm³/mol. The summed E-state index contributed by atoms with van der Waals surface area (Å²) in [5, 5.41) is 9.78. The van der Waals surface area contributed by atoms with Crippen molar-refractivity contribution in [3.63, 3.8) is 0 Å². The normalized spacial score (nSPS) is 15.1. The quantitative estimate of drug-likeness (QED) is 0.878. The summed E-state index contributed by atoms with van der Waals surface area (Å²) in [6, 6.07) is 0. The molecular formula is C14H16N2O4S. The van der Waals surface area contributed by atoms with Crippen LogP contribution in [0.15, 0.2) is 9.59 Å². The Balaban J connectivity index is 2.41. The third-order valence-corrected chi connectivity index (χ3v) is 5.30. The average molecular weight is 308 g/mol. The number of H-pyrrole nitrogens is 1. The van der Waals surface area contributed by atoms with Gasteiger partial charge in [-0.1, -0.05) is 0 Å². The molecule has 0 bridgehead atoms. The van der Waals surface area contributed by atoms with Gasteiger partial charge in [-0.25, -0.2) is 14.2 Å². The zero-order valence-electron chi connectivity index (χ0n) is 11.9. The van der Waals surface area contributed by atoms with Crippen LogP contribution in [0.25, 0.3) is 10.2 Å². The van der Waals surface area contributed by atoms with Crippen LogP contribution in [-0.2, 0) is 23.2 Å². The van der Waals surface area contributed by atoms with Crippen molar-refractivity contribution >= 4 is 27.5 Å². The summed E-state index contributed by atoms with van der Waals surface area (Å²) < 4.78 is 0.819. The minimum absolute atomic E-state index is 0.489. The number of carbonyl (C=O) groups is 1. The highest BCUT2D eigenvalue weighted by Gasteiger charge is 2.34. The third-order valence-electron chi connectivity index (χ3n) is 4.09. The second-order valence-electron chi connectivity index (χ2n) is 5.85. The highest BCUT2D eigenvalue weighted by atomic mass is 32.1. The van der Waals surface area contributed by atoms with Crippen molar-refractivity contribution in [2.75, 3.05) is 0 Å². The molecular weight excluding hydrogens is 292 g/mol. The number of rotatable bonds is 2. The lowest BCUT2D eigenvalue weighted by atomic mass is 9.97. The van der Waals surface area contributed by atoms with E-state index in [4.69, 9.17) is 0 Å². The van der Waals surface area contributed by atoms with E-state index in [0.29, 0.717) is 10.2 Å². The number of aliphatic carboxylic acids is 1. The van der Waals surface area contributed by atoms with E-state index < -0.39 is 22.8 Å². The number of hydrogen-bond donors (Lipinski definition) is 2. The van der Waals surface area contributed by atoms with Crippen molar-refractivity contribution in [2.45, 2.75) is 45.1 Å². The molecule has 0 fully saturated rings. The number of nitrogens with one attached hydrogen (secondary N) is 1. The summed E-state index contributed by atoms with van der Waals surface area (Å²) in [5.41, 5.74) is -1.76. The Labute approximate surface area is 124 Å². The average Bonchev–Trinajstić information content (AvgIpc) is 2.75. The topological polar surface area (TPSA) is 92.2 Å². The molecule has 0 atom stereocenters. The molecule has 2 heterocycles. The van der Waals surface area contributed by atoms with Crippen LogP contribution in [-0.4, -0.2) is 20.6 Å². The molecule has 7 heteroatoms. The Morgan fingerprint density at radius 2 is 1.95 bits per heavy atom. The molecule has 1 aliphatic carbocycles. The maximum Gasteiger partial charge on any atom is 0.330 e. The second kappa shape index (κ2) is 4.56. The van der Waals surface area contributed by atoms with E-state index >= 15 is 0 Å². The maximum atomic E-state index is 12.7. The van der Waals surface area contributed by atoms with Crippen LogP contribution < -0.4 is 11.2 Å². The minimum atomic E-state index is -1.58. The standard InChI is InChI=1S/C14H16N2O4S/c1-14(2,12(18)19)16-11(17)9-7-5-3-4-6-8(7)21-10(9)15-13(16)20/h3-6H2,1-2H3,(H,15,20)(H,18,19). The van der Waals surface area contributed by atoms with Crippen molar-refractivity contribution < 1.29 is 9.90 Å². The van der Waals surface area contributed by atoms with E-state index in [9.17, 15) is 19.5 Å². The lowest BCUT2D eigenvalue weighted by Gasteiger charge is -2.21. The van der Waals surface area contributed by atoms with E-state index in [1.807, 2.05) is 0 Å². The van der Waals surface area contributed by atoms with Crippen LogP contribution in [0.4, 0.5) is 0 Å². The van der Waals surface area contributed by atoms with Crippen molar-refractivity contribution in [3.05, 3.63) is 31.3 Å². The summed E-state index contributed by atoms with van der Waals surface area (Å²) in [4.78, 5) is 40.6. The van der Waals surface area contributed by atoms with Gasteiger partial charge in [-0.3, -0.25) is 9.78 Å². The summed E-state index contributed by atoms with van der Waals surface area (Å²) in [5.74, 6) is -1.21. The maximum absolute atomic E-state index is 12.7. The molecule has 0 radical (unpaired) electrons. The Kier molecular flexibility index (Phi) is 3.05. The lowest BCUT2D eigenvalue weighted by molar-refractivity contribution is -0.146. The summed E-state index contributed by atoms with van der Waals surface area (Å²) in [6.45, 7) is 2.72. The molecule has 6 nitrogen and oxygen atoms in total. The molecule has 2 aromatic heterocycles. The highest BCUT2D eigenvalue weighted by Crippen LogP contribution is 2.33. The van der Waals surface area contributed by atoms with E-state index in [0.717, 1.165) is 40.7 Å². The van der Waals surface area contributed by atoms with Gasteiger partial charge in [0.25, 0.3) is 5.56 Å². The number of carboxylic acid groups (broad SMARTS) is 1. The van der Waals surface area contributed by atoms with Gasteiger partial charge in [0.05, 0.1) is 5.39 Å². The molecule has 0 spiro atoms. The van der Waals surface area contributed by atoms with Gasteiger partial charge in [0, 0.05) is 4.88 Å². The number of fused-ring (bicyclic) bond motifs is 3. The first-order chi connectivity index (χ1) is 9.84. The molecule has 0 aliphatic heterocycles. The molecule has 0 saturated carbocycles. The third kappa shape index (κ3) is 1.95. The lowest BCUT2D eigenvalue weighted by Crippen LogP contribution is -2.50. The zero-order chi connectivity index (χ0) is 15.4. The first-order valence-electron chi connectivity index (χ1n) is 6.87. The molecule has 0 unspecified atom stereocenters. The number of hydrogen-bond acceptors (Lipinski definition) is 4. The van der Waals surface area contributed by atoms with Gasteiger partial charge in [-0.05, 0) is 45.1 Å². The van der Waals surface area contributed by atoms with Gasteiger partial charge in [-0.2, -0.15) is 0 Å². The Morgan fingerprint density at radius 3 is 2.62 bits per heavy atom. The Morgan fingerprint density at radius 1 is 1.29 bits per heavy atom. The number of aromatic nitrogens is 2. The molecule has 3 rings (SSSR count). The number of nitrogens with zero attached hydrogens (tertiary/aromatic N) is 1. The van der Waals surface area contributed by atoms with Crippen LogP contribution in [0.2, 0.25) is 0 Å². The largest absolute Gasteiger partial charge is 0.480 e. The van der Waals surface area contributed by atoms with Gasteiger partial charge in [0.15, 0.2) is 0 Å². The second-order valence-corrected chi connectivity index (χ2v) is 6.96. The zero-order valence-corrected chi connectivity index (χ0v) is 12.7. The molecule has 2 N–H and O–H groups in total. The van der Waals surface area contributed by atoms with Gasteiger partial charge >= 0.3 is 11.7 Å². The molecule has 0 saturated heterocycles. The van der Waals surface area contributed by atoms with Crippen LogP contribution in [0, 0.1) is 0 Å². The van der Waals surface area contributed by atoms with Crippen LogP contribution in [0.5, 0.6) is 0 Å². The van der Waals surface area contributed by atoms with Crippen molar-refractivity contribution in [3.8, 4) is 0 Å². The fraction of sp³-hybridized carbons (Fsp3) is 0.500. The molecule has 0 aromatic carbocycles. The van der Waals surface area contributed by atoms with E-state index in [2.05, 4.69) is 4.98 Å². The number of aryl methyl sites for hydroxylation is 2. The van der Waals surface area contributed by atoms with Crippen molar-refractivity contribution in [1.82, 2.24) is 9.55 Å². The molecule has 112 valence electrons. The Bertz CT molecular complexity index is 856. The predicted octanol–water partition coefficient (Wildman–Crippen LogP) is 1.45. The van der Waals surface area contributed by atoms with Crippen molar-refractivity contribution in [2.24, 2.45) is 0 Å². The summed E-state index contributed by atoms with van der Waals surface area (Å²) >= 11 is 1.44. The van der Waals surface area contributed by atoms with Crippen molar-refractivity contribution in [1.29, 1.82) is 0 Å². The Hall–Kier alpha value is -1.89. The minimum Gasteiger partial charge on any atom is -0.480 e. The van der Waals surface area contributed by atoms with Gasteiger partial charge in [0.2, 0.25) is 0 Å². The van der Waals surface area contributed by atoms with Gasteiger partial charge in [0.1, 0.15) is 10.4 Å². The van der Waals surface area contributed by atoms with E-state index in [-0.39, 0.29) is 0 Å². The van der Waals surface area contributed by atoms with Gasteiger partial charge < -0.3 is 5.11 Å².